The van der Waals surface area contributed by atoms with Gasteiger partial charge in [0.05, 0.1) is 18.9 Å². The maximum absolute atomic E-state index is 11.7. The van der Waals surface area contributed by atoms with Gasteiger partial charge < -0.3 is 19.9 Å². The Morgan fingerprint density at radius 3 is 2.83 bits per heavy atom. The fraction of sp³-hybridized carbons (Fsp3) is 0.353. The third kappa shape index (κ3) is 4.18. The Morgan fingerprint density at radius 1 is 1.52 bits per heavy atom. The number of carbonyl (C=O) groups is 1. The van der Waals surface area contributed by atoms with Crippen LogP contribution in [0.15, 0.2) is 24.5 Å². The van der Waals surface area contributed by atoms with Crippen LogP contribution in [-0.2, 0) is 9.53 Å². The van der Waals surface area contributed by atoms with Crippen LogP contribution in [0.5, 0.6) is 11.5 Å². The molecule has 0 aliphatic carbocycles. The van der Waals surface area contributed by atoms with Crippen LogP contribution in [0.3, 0.4) is 0 Å². The second kappa shape index (κ2) is 7.56. The van der Waals surface area contributed by atoms with Gasteiger partial charge in [-0.2, -0.15) is 0 Å². The van der Waals surface area contributed by atoms with E-state index in [1.54, 1.807) is 18.2 Å². The summed E-state index contributed by atoms with van der Waals surface area (Å²) in [7, 11) is 3.46. The molecular weight excluding hydrogens is 296 g/mol. The van der Waals surface area contributed by atoms with E-state index in [9.17, 15) is 4.79 Å². The lowest BCUT2D eigenvalue weighted by atomic mass is 10.0. The van der Waals surface area contributed by atoms with Crippen molar-refractivity contribution in [3.05, 3.63) is 30.0 Å². The minimum atomic E-state index is -0.597. The van der Waals surface area contributed by atoms with Crippen LogP contribution >= 0.6 is 0 Å². The Morgan fingerprint density at radius 2 is 2.26 bits per heavy atom. The first kappa shape index (κ1) is 16.7. The highest BCUT2D eigenvalue weighted by Gasteiger charge is 2.27. The highest BCUT2D eigenvalue weighted by molar-refractivity contribution is 6.19. The lowest BCUT2D eigenvalue weighted by Crippen LogP contribution is -2.51. The lowest BCUT2D eigenvalue weighted by molar-refractivity contribution is -0.112. The first-order chi connectivity index (χ1) is 11.0. The van der Waals surface area contributed by atoms with Gasteiger partial charge in [-0.05, 0) is 19.2 Å². The Labute approximate surface area is 135 Å². The third-order valence-corrected chi connectivity index (χ3v) is 3.39. The number of amides is 1. The molecule has 1 amide bonds. The molecule has 1 aromatic rings. The summed E-state index contributed by atoms with van der Waals surface area (Å²) in [5.74, 6) is 2.89. The van der Waals surface area contributed by atoms with Crippen LogP contribution in [0.2, 0.25) is 0 Å². The summed E-state index contributed by atoms with van der Waals surface area (Å²) in [5.41, 5.74) is 6.22. The molecule has 0 bridgehead atoms. The fourth-order valence-corrected chi connectivity index (χ4v) is 2.31. The van der Waals surface area contributed by atoms with E-state index in [0.717, 1.165) is 13.1 Å². The van der Waals surface area contributed by atoms with E-state index in [4.69, 9.17) is 26.4 Å². The monoisotopic (exact) mass is 316 g/mol. The van der Waals surface area contributed by atoms with Crippen molar-refractivity contribution >= 4 is 11.5 Å². The van der Waals surface area contributed by atoms with Crippen molar-refractivity contribution < 1.29 is 19.0 Å². The zero-order valence-electron chi connectivity index (χ0n) is 13.2. The first-order valence-corrected chi connectivity index (χ1v) is 7.13. The van der Waals surface area contributed by atoms with E-state index in [2.05, 4.69) is 10.8 Å². The first-order valence-electron chi connectivity index (χ1n) is 7.13. The summed E-state index contributed by atoms with van der Waals surface area (Å²) in [4.78, 5) is 13.8. The number of methoxy groups -OCH3 is 1. The predicted molar refractivity (Wildman–Crippen MR) is 86.9 cm³/mol. The molecule has 6 heteroatoms. The second-order valence-electron chi connectivity index (χ2n) is 5.24. The second-order valence-corrected chi connectivity index (χ2v) is 5.24. The highest BCUT2D eigenvalue weighted by atomic mass is 16.5. The number of carbonyl (C=O) groups excluding carboxylic acids is 1. The number of terminal acetylenes is 1. The number of hydrogen-bond acceptors (Lipinski definition) is 5. The minimum absolute atomic E-state index is 0.0540. The smallest absolute Gasteiger partial charge is 0.252 e. The summed E-state index contributed by atoms with van der Waals surface area (Å²) in [6.07, 6.45) is 6.56. The van der Waals surface area contributed by atoms with Crippen molar-refractivity contribution in [2.45, 2.75) is 6.10 Å². The molecule has 122 valence electrons. The number of ether oxygens (including phenoxy) is 3. The quantitative estimate of drug-likeness (QED) is 0.459. The third-order valence-electron chi connectivity index (χ3n) is 3.39. The van der Waals surface area contributed by atoms with E-state index < -0.39 is 5.91 Å². The molecule has 0 aromatic heterocycles. The van der Waals surface area contributed by atoms with Crippen LogP contribution in [0, 0.1) is 12.3 Å². The largest absolute Gasteiger partial charge is 0.504 e. The van der Waals surface area contributed by atoms with E-state index in [0.29, 0.717) is 17.1 Å². The Hall–Kier alpha value is -2.65. The summed E-state index contributed by atoms with van der Waals surface area (Å²) in [6.45, 7) is 1.78. The van der Waals surface area contributed by atoms with Crippen molar-refractivity contribution in [3.8, 4) is 23.8 Å². The van der Waals surface area contributed by atoms with Crippen molar-refractivity contribution in [1.82, 2.24) is 4.90 Å². The molecule has 0 radical (unpaired) electrons. The van der Waals surface area contributed by atoms with Gasteiger partial charge in [-0.15, -0.1) is 6.42 Å². The van der Waals surface area contributed by atoms with Crippen LogP contribution in [0.25, 0.3) is 5.57 Å². The van der Waals surface area contributed by atoms with Gasteiger partial charge in [0.15, 0.2) is 0 Å². The molecule has 2 N–H and O–H groups in total. The number of hydrogen-bond donors (Lipinski definition) is 1. The van der Waals surface area contributed by atoms with Gasteiger partial charge in [0, 0.05) is 24.7 Å². The van der Waals surface area contributed by atoms with E-state index in [1.165, 1.54) is 13.4 Å². The number of rotatable bonds is 7. The Balaban J connectivity index is 2.33. The van der Waals surface area contributed by atoms with E-state index >= 15 is 0 Å². The van der Waals surface area contributed by atoms with Crippen LogP contribution in [0.4, 0.5) is 0 Å². The molecule has 1 aliphatic heterocycles. The zero-order valence-corrected chi connectivity index (χ0v) is 13.2. The Bertz CT molecular complexity index is 642. The van der Waals surface area contributed by atoms with Crippen molar-refractivity contribution in [3.63, 3.8) is 0 Å². The molecule has 23 heavy (non-hydrogen) atoms. The Kier molecular flexibility index (Phi) is 5.50. The van der Waals surface area contributed by atoms with E-state index in [-0.39, 0.29) is 18.3 Å². The summed E-state index contributed by atoms with van der Waals surface area (Å²) < 4.78 is 16.3. The number of primary amides is 1. The standard InChI is InChI=1S/C17H20N2O4/c1-4-7-22-12-5-6-14(15(11-21-3)17(18)20)16(8-12)23-13-9-19(2)10-13/h1,5-6,8,11,13H,7,9-10H2,2-3H3,(H2,18,20). The van der Waals surface area contributed by atoms with Crippen LogP contribution < -0.4 is 15.2 Å². The number of nitrogens with zero attached hydrogens (tertiary/aromatic N) is 1. The van der Waals surface area contributed by atoms with Crippen LogP contribution in [-0.4, -0.2) is 50.8 Å². The molecule has 1 fully saturated rings. The molecule has 0 spiro atoms. The van der Waals surface area contributed by atoms with Gasteiger partial charge in [0.1, 0.15) is 24.2 Å². The maximum atomic E-state index is 11.7. The molecule has 0 atom stereocenters. The average molecular weight is 316 g/mol. The molecule has 0 unspecified atom stereocenters. The van der Waals surface area contributed by atoms with Crippen molar-refractivity contribution in [1.29, 1.82) is 0 Å². The van der Waals surface area contributed by atoms with Crippen molar-refractivity contribution in [2.24, 2.45) is 5.73 Å². The molecule has 1 saturated heterocycles. The van der Waals surface area contributed by atoms with E-state index in [1.807, 2.05) is 7.05 Å². The molecule has 2 rings (SSSR count). The van der Waals surface area contributed by atoms with Crippen LogP contribution in [0.1, 0.15) is 5.56 Å². The number of likely N-dealkylation sites (N-methyl/N-ethyl adjacent to an activating group) is 1. The fourth-order valence-electron chi connectivity index (χ4n) is 2.31. The molecule has 6 nitrogen and oxygen atoms in total. The molecule has 1 aromatic carbocycles. The number of nitrogens with two attached hydrogens (primary N) is 1. The lowest BCUT2D eigenvalue weighted by Gasteiger charge is -2.36. The molecule has 1 aliphatic rings. The minimum Gasteiger partial charge on any atom is -0.504 e. The predicted octanol–water partition coefficient (Wildman–Crippen LogP) is 0.864. The van der Waals surface area contributed by atoms with Gasteiger partial charge in [-0.3, -0.25) is 9.69 Å². The maximum Gasteiger partial charge on any atom is 0.252 e. The molecule has 0 saturated carbocycles. The summed E-state index contributed by atoms with van der Waals surface area (Å²) >= 11 is 0. The van der Waals surface area contributed by atoms with Gasteiger partial charge in [-0.25, -0.2) is 0 Å². The van der Waals surface area contributed by atoms with Crippen molar-refractivity contribution in [2.75, 3.05) is 33.9 Å². The molecule has 1 heterocycles. The topological polar surface area (TPSA) is 74.0 Å². The van der Waals surface area contributed by atoms with Gasteiger partial charge in [0.2, 0.25) is 0 Å². The van der Waals surface area contributed by atoms with Gasteiger partial charge >= 0.3 is 0 Å². The highest BCUT2D eigenvalue weighted by Crippen LogP contribution is 2.32. The van der Waals surface area contributed by atoms with Gasteiger partial charge in [-0.1, -0.05) is 5.92 Å². The molecular formula is C17H20N2O4. The average Bonchev–Trinajstić information content (AvgIpc) is 2.49. The zero-order chi connectivity index (χ0) is 16.8. The SMILES string of the molecule is C#CCOc1ccc(C(=COC)C(N)=O)c(OC2CN(C)C2)c1. The number of benzene rings is 1. The summed E-state index contributed by atoms with van der Waals surface area (Å²) in [6, 6.07) is 5.12. The summed E-state index contributed by atoms with van der Waals surface area (Å²) in [5, 5.41) is 0. The normalized spacial score (nSPS) is 15.4. The number of likely N-dealkylation sites (tertiary alicyclic amines) is 1. The van der Waals surface area contributed by atoms with Gasteiger partial charge in [0.25, 0.3) is 5.91 Å².